The first-order valence-electron chi connectivity index (χ1n) is 6.83. The molecule has 0 rings (SSSR count). The van der Waals surface area contributed by atoms with Crippen molar-refractivity contribution in [1.29, 1.82) is 0 Å². The van der Waals surface area contributed by atoms with E-state index >= 15 is 0 Å². The number of carbonyl (C=O) groups excluding carboxylic acids is 1. The van der Waals surface area contributed by atoms with Gasteiger partial charge in [-0.25, -0.2) is 0 Å². The zero-order valence-corrected chi connectivity index (χ0v) is 14.7. The minimum absolute atomic E-state index is 0. The quantitative estimate of drug-likeness (QED) is 0.210. The molecule has 0 aromatic rings. The summed E-state index contributed by atoms with van der Waals surface area (Å²) in [7, 11) is 1.43. The molecule has 0 atom stereocenters. The van der Waals surface area contributed by atoms with Gasteiger partial charge in [0.2, 0.25) is 0 Å². The van der Waals surface area contributed by atoms with Crippen molar-refractivity contribution >= 4 is 35.9 Å². The maximum absolute atomic E-state index is 10.9. The Morgan fingerprint density at radius 1 is 1.05 bits per heavy atom. The van der Waals surface area contributed by atoms with Crippen molar-refractivity contribution in [3.05, 3.63) is 0 Å². The van der Waals surface area contributed by atoms with E-state index in [1.165, 1.54) is 7.11 Å². The first kappa shape index (κ1) is 20.8. The third-order valence-corrected chi connectivity index (χ3v) is 2.48. The summed E-state index contributed by atoms with van der Waals surface area (Å²) in [4.78, 5) is 15.3. The van der Waals surface area contributed by atoms with Gasteiger partial charge in [0.15, 0.2) is 5.96 Å². The topological polar surface area (TPSA) is 62.7 Å². The van der Waals surface area contributed by atoms with E-state index in [4.69, 9.17) is 0 Å². The first-order valence-corrected chi connectivity index (χ1v) is 6.83. The molecule has 19 heavy (non-hydrogen) atoms. The molecule has 2 N–H and O–H groups in total. The molecule has 114 valence electrons. The molecule has 0 spiro atoms. The van der Waals surface area contributed by atoms with Crippen LogP contribution in [-0.2, 0) is 9.53 Å². The highest BCUT2D eigenvalue weighted by atomic mass is 127. The molecule has 0 aromatic carbocycles. The van der Waals surface area contributed by atoms with Crippen LogP contribution in [0.1, 0.15) is 46.0 Å². The van der Waals surface area contributed by atoms with Crippen molar-refractivity contribution in [2.45, 2.75) is 46.0 Å². The van der Waals surface area contributed by atoms with Crippen molar-refractivity contribution in [1.82, 2.24) is 10.6 Å². The van der Waals surface area contributed by atoms with Gasteiger partial charge in [0.1, 0.15) is 0 Å². The summed E-state index contributed by atoms with van der Waals surface area (Å²) in [6, 6.07) is 0. The molecule has 0 radical (unpaired) electrons. The van der Waals surface area contributed by atoms with Crippen molar-refractivity contribution < 1.29 is 9.53 Å². The van der Waals surface area contributed by atoms with E-state index in [0.29, 0.717) is 6.42 Å². The number of nitrogens with zero attached hydrogens (tertiary/aromatic N) is 1. The first-order chi connectivity index (χ1) is 8.74. The standard InChI is InChI=1S/C13H27N3O2.HI/c1-4-14-13(15-5-2)16-11-9-7-6-8-10-12(17)18-3;/h4-11H2,1-3H3,(H2,14,15,16);1H. The summed E-state index contributed by atoms with van der Waals surface area (Å²) >= 11 is 0. The number of hydrogen-bond acceptors (Lipinski definition) is 3. The molecule has 5 nitrogen and oxygen atoms in total. The van der Waals surface area contributed by atoms with Crippen molar-refractivity contribution in [3.8, 4) is 0 Å². The van der Waals surface area contributed by atoms with Crippen LogP contribution in [0.25, 0.3) is 0 Å². The van der Waals surface area contributed by atoms with Crippen LogP contribution in [0.4, 0.5) is 0 Å². The molecule has 6 heteroatoms. The van der Waals surface area contributed by atoms with Crippen LogP contribution >= 0.6 is 24.0 Å². The lowest BCUT2D eigenvalue weighted by molar-refractivity contribution is -0.140. The van der Waals surface area contributed by atoms with Crippen LogP contribution in [0.15, 0.2) is 4.99 Å². The van der Waals surface area contributed by atoms with Gasteiger partial charge in [0, 0.05) is 26.1 Å². The third kappa shape index (κ3) is 13.7. The SMILES string of the molecule is CCNC(=NCCCCCCC(=O)OC)NCC.I. The number of rotatable bonds is 9. The van der Waals surface area contributed by atoms with Crippen LogP contribution in [0.5, 0.6) is 0 Å². The van der Waals surface area contributed by atoms with Gasteiger partial charge in [-0.1, -0.05) is 12.8 Å². The number of aliphatic imine (C=N–C) groups is 1. The zero-order chi connectivity index (χ0) is 13.6. The summed E-state index contributed by atoms with van der Waals surface area (Å²) in [5.74, 6) is 0.768. The molecule has 0 aliphatic rings. The third-order valence-electron chi connectivity index (χ3n) is 2.48. The highest BCUT2D eigenvalue weighted by Crippen LogP contribution is 2.03. The van der Waals surface area contributed by atoms with Gasteiger partial charge in [-0.05, 0) is 26.7 Å². The number of nitrogens with one attached hydrogen (secondary N) is 2. The van der Waals surface area contributed by atoms with E-state index in [9.17, 15) is 4.79 Å². The molecule has 0 bridgehead atoms. The van der Waals surface area contributed by atoms with Crippen LogP contribution in [0.2, 0.25) is 0 Å². The van der Waals surface area contributed by atoms with Gasteiger partial charge in [0.25, 0.3) is 0 Å². The molecular weight excluding hydrogens is 357 g/mol. The number of unbranched alkanes of at least 4 members (excludes halogenated alkanes) is 3. The van der Waals surface area contributed by atoms with Gasteiger partial charge in [-0.3, -0.25) is 9.79 Å². The molecule has 0 unspecified atom stereocenters. The minimum Gasteiger partial charge on any atom is -0.469 e. The second-order valence-corrected chi connectivity index (χ2v) is 4.03. The van der Waals surface area contributed by atoms with E-state index in [-0.39, 0.29) is 29.9 Å². The smallest absolute Gasteiger partial charge is 0.305 e. The van der Waals surface area contributed by atoms with Gasteiger partial charge in [0.05, 0.1) is 7.11 Å². The molecule has 0 fully saturated rings. The highest BCUT2D eigenvalue weighted by Gasteiger charge is 1.99. The van der Waals surface area contributed by atoms with E-state index < -0.39 is 0 Å². The maximum Gasteiger partial charge on any atom is 0.305 e. The summed E-state index contributed by atoms with van der Waals surface area (Å²) in [5, 5.41) is 6.37. The Hall–Kier alpha value is -0.530. The lowest BCUT2D eigenvalue weighted by atomic mass is 10.1. The lowest BCUT2D eigenvalue weighted by Crippen LogP contribution is -2.37. The molecule has 0 amide bonds. The van der Waals surface area contributed by atoms with E-state index in [2.05, 4.69) is 34.2 Å². The number of guanidine groups is 1. The normalized spacial score (nSPS) is 9.21. The fourth-order valence-electron chi connectivity index (χ4n) is 1.54. The van der Waals surface area contributed by atoms with Crippen molar-refractivity contribution in [3.63, 3.8) is 0 Å². The summed E-state index contributed by atoms with van der Waals surface area (Å²) in [5.41, 5.74) is 0. The largest absolute Gasteiger partial charge is 0.469 e. The van der Waals surface area contributed by atoms with Crippen molar-refractivity contribution in [2.75, 3.05) is 26.7 Å². The number of halogens is 1. The summed E-state index contributed by atoms with van der Waals surface area (Å²) < 4.78 is 4.59. The Morgan fingerprint density at radius 3 is 2.16 bits per heavy atom. The highest BCUT2D eigenvalue weighted by molar-refractivity contribution is 14.0. The fraction of sp³-hybridized carbons (Fsp3) is 0.846. The van der Waals surface area contributed by atoms with Gasteiger partial charge >= 0.3 is 5.97 Å². The van der Waals surface area contributed by atoms with Crippen LogP contribution in [-0.4, -0.2) is 38.7 Å². The minimum atomic E-state index is -0.116. The lowest BCUT2D eigenvalue weighted by Gasteiger charge is -2.08. The second-order valence-electron chi connectivity index (χ2n) is 4.03. The van der Waals surface area contributed by atoms with E-state index in [0.717, 1.165) is 51.3 Å². The van der Waals surface area contributed by atoms with Gasteiger partial charge in [-0.2, -0.15) is 0 Å². The number of methoxy groups -OCH3 is 1. The van der Waals surface area contributed by atoms with E-state index in [1.807, 2.05) is 0 Å². The Labute approximate surface area is 134 Å². The molecule has 0 saturated carbocycles. The predicted molar refractivity (Wildman–Crippen MR) is 90.2 cm³/mol. The van der Waals surface area contributed by atoms with Crippen LogP contribution < -0.4 is 10.6 Å². The number of esters is 1. The van der Waals surface area contributed by atoms with Gasteiger partial charge in [-0.15, -0.1) is 24.0 Å². The Bertz CT molecular complexity index is 240. The van der Waals surface area contributed by atoms with Crippen molar-refractivity contribution in [2.24, 2.45) is 4.99 Å². The molecular formula is C13H28IN3O2. The summed E-state index contributed by atoms with van der Waals surface area (Å²) in [6.45, 7) is 6.70. The Balaban J connectivity index is 0. The Kier molecular flexibility index (Phi) is 17.0. The average molecular weight is 385 g/mol. The molecule has 0 saturated heterocycles. The number of hydrogen-bond donors (Lipinski definition) is 2. The molecule has 0 aliphatic heterocycles. The number of carbonyl (C=O) groups is 1. The monoisotopic (exact) mass is 385 g/mol. The Morgan fingerprint density at radius 2 is 1.63 bits per heavy atom. The predicted octanol–water partition coefficient (Wildman–Crippen LogP) is 2.30. The maximum atomic E-state index is 10.9. The average Bonchev–Trinajstić information content (AvgIpc) is 2.37. The zero-order valence-electron chi connectivity index (χ0n) is 12.3. The summed E-state index contributed by atoms with van der Waals surface area (Å²) in [6.07, 6.45) is 4.65. The van der Waals surface area contributed by atoms with E-state index in [1.54, 1.807) is 0 Å². The molecule has 0 heterocycles. The van der Waals surface area contributed by atoms with Gasteiger partial charge < -0.3 is 15.4 Å². The second kappa shape index (κ2) is 15.5. The fourth-order valence-corrected chi connectivity index (χ4v) is 1.54. The molecule has 0 aromatic heterocycles. The number of ether oxygens (including phenoxy) is 1. The van der Waals surface area contributed by atoms with Crippen LogP contribution in [0, 0.1) is 0 Å². The molecule has 0 aliphatic carbocycles. The van der Waals surface area contributed by atoms with Crippen LogP contribution in [0.3, 0.4) is 0 Å².